The molecule has 0 bridgehead atoms. The molecule has 0 aliphatic carbocycles. The zero-order chi connectivity index (χ0) is 16.2. The first-order valence-electron chi connectivity index (χ1n) is 6.84. The number of hydrogen-bond acceptors (Lipinski definition) is 4. The number of halogens is 1. The van der Waals surface area contributed by atoms with E-state index < -0.39 is 10.0 Å². The number of nitrogen functional groups attached to an aromatic ring is 1. The summed E-state index contributed by atoms with van der Waals surface area (Å²) >= 11 is 6.06. The van der Waals surface area contributed by atoms with Gasteiger partial charge in [-0.15, -0.1) is 0 Å². The highest BCUT2D eigenvalue weighted by molar-refractivity contribution is 7.89. The van der Waals surface area contributed by atoms with Gasteiger partial charge in [0.15, 0.2) is 0 Å². The van der Waals surface area contributed by atoms with E-state index in [1.54, 1.807) is 6.07 Å². The van der Waals surface area contributed by atoms with Crippen LogP contribution in [0.4, 0.5) is 5.69 Å². The molecule has 0 heterocycles. The number of benzene rings is 1. The summed E-state index contributed by atoms with van der Waals surface area (Å²) < 4.78 is 27.1. The van der Waals surface area contributed by atoms with Crippen LogP contribution in [0.25, 0.3) is 0 Å². The van der Waals surface area contributed by atoms with Crippen LogP contribution in [0.3, 0.4) is 0 Å². The summed E-state index contributed by atoms with van der Waals surface area (Å²) in [6, 6.07) is 4.49. The van der Waals surface area contributed by atoms with Crippen molar-refractivity contribution >= 4 is 27.3 Å². The smallest absolute Gasteiger partial charge is 0.244 e. The Bertz CT molecular complexity index is 574. The van der Waals surface area contributed by atoms with Crippen LogP contribution in [-0.2, 0) is 10.0 Å². The van der Waals surface area contributed by atoms with Crippen LogP contribution in [0.1, 0.15) is 13.8 Å². The molecule has 0 fully saturated rings. The molecule has 0 atom stereocenters. The molecule has 0 aliphatic rings. The minimum Gasteiger partial charge on any atom is -0.399 e. The maximum absolute atomic E-state index is 12.8. The van der Waals surface area contributed by atoms with Crippen LogP contribution in [0.5, 0.6) is 0 Å². The fourth-order valence-corrected chi connectivity index (χ4v) is 4.02. The second-order valence-electron chi connectivity index (χ2n) is 5.75. The molecule has 120 valence electrons. The van der Waals surface area contributed by atoms with Gasteiger partial charge in [0.05, 0.1) is 5.02 Å². The maximum atomic E-state index is 12.8. The molecule has 1 rings (SSSR count). The van der Waals surface area contributed by atoms with Gasteiger partial charge in [-0.2, -0.15) is 4.31 Å². The molecule has 0 saturated carbocycles. The Balaban J connectivity index is 3.13. The minimum absolute atomic E-state index is 0.109. The number of sulfonamides is 1. The van der Waals surface area contributed by atoms with Crippen molar-refractivity contribution in [3.8, 4) is 0 Å². The molecule has 0 radical (unpaired) electrons. The Kier molecular flexibility index (Phi) is 6.46. The lowest BCUT2D eigenvalue weighted by Gasteiger charge is -2.25. The van der Waals surface area contributed by atoms with Crippen molar-refractivity contribution in [1.29, 1.82) is 0 Å². The zero-order valence-corrected chi connectivity index (χ0v) is 14.6. The Morgan fingerprint density at radius 3 is 2.33 bits per heavy atom. The molecule has 0 unspecified atom stereocenters. The van der Waals surface area contributed by atoms with Crippen LogP contribution < -0.4 is 5.73 Å². The predicted molar refractivity (Wildman–Crippen MR) is 88.0 cm³/mol. The normalized spacial score (nSPS) is 12.6. The Morgan fingerprint density at radius 1 is 1.24 bits per heavy atom. The van der Waals surface area contributed by atoms with Crippen LogP contribution >= 0.6 is 11.6 Å². The molecule has 2 N–H and O–H groups in total. The van der Waals surface area contributed by atoms with Gasteiger partial charge in [-0.1, -0.05) is 25.4 Å². The quantitative estimate of drug-likeness (QED) is 0.776. The number of likely N-dealkylation sites (N-methyl/N-ethyl adjacent to an activating group) is 1. The number of nitrogens with two attached hydrogens (primary N) is 1. The number of hydrogen-bond donors (Lipinski definition) is 1. The van der Waals surface area contributed by atoms with Gasteiger partial charge in [-0.25, -0.2) is 8.42 Å². The number of nitrogens with zero attached hydrogens (tertiary/aromatic N) is 2. The number of anilines is 1. The average Bonchev–Trinajstić information content (AvgIpc) is 2.33. The molecular formula is C14H24ClN3O2S. The third kappa shape index (κ3) is 5.14. The highest BCUT2D eigenvalue weighted by atomic mass is 35.5. The van der Waals surface area contributed by atoms with Gasteiger partial charge in [0.25, 0.3) is 0 Å². The molecule has 0 spiro atoms. The fraction of sp³-hybridized carbons (Fsp3) is 0.571. The third-order valence-electron chi connectivity index (χ3n) is 2.94. The maximum Gasteiger partial charge on any atom is 0.244 e. The Hall–Kier alpha value is -0.820. The van der Waals surface area contributed by atoms with E-state index in [1.807, 2.05) is 32.8 Å². The van der Waals surface area contributed by atoms with Crippen molar-refractivity contribution < 1.29 is 8.42 Å². The van der Waals surface area contributed by atoms with Gasteiger partial charge in [-0.3, -0.25) is 0 Å². The molecule has 7 heteroatoms. The second kappa shape index (κ2) is 7.45. The monoisotopic (exact) mass is 333 g/mol. The molecule has 0 saturated heterocycles. The average molecular weight is 334 g/mol. The summed E-state index contributed by atoms with van der Waals surface area (Å²) in [5.41, 5.74) is 6.07. The van der Waals surface area contributed by atoms with Gasteiger partial charge in [0.2, 0.25) is 10.0 Å². The Morgan fingerprint density at radius 2 is 1.86 bits per heavy atom. The fourth-order valence-electron chi connectivity index (χ4n) is 1.89. The van der Waals surface area contributed by atoms with Crippen LogP contribution in [-0.4, -0.2) is 51.4 Å². The molecule has 0 aromatic heterocycles. The van der Waals surface area contributed by atoms with Gasteiger partial charge in [-0.05, 0) is 38.2 Å². The van der Waals surface area contributed by atoms with Crippen molar-refractivity contribution in [2.75, 3.05) is 39.5 Å². The van der Waals surface area contributed by atoms with Crippen LogP contribution in [0.2, 0.25) is 5.02 Å². The lowest BCUT2D eigenvalue weighted by Crippen LogP contribution is -2.39. The van der Waals surface area contributed by atoms with Gasteiger partial charge < -0.3 is 10.6 Å². The predicted octanol–water partition coefficient (Wildman–Crippen LogP) is 2.13. The second-order valence-corrected chi connectivity index (χ2v) is 8.06. The van der Waals surface area contributed by atoms with E-state index >= 15 is 0 Å². The van der Waals surface area contributed by atoms with E-state index in [-0.39, 0.29) is 15.8 Å². The molecular weight excluding hydrogens is 310 g/mol. The van der Waals surface area contributed by atoms with Crippen LogP contribution in [0.15, 0.2) is 23.1 Å². The highest BCUT2D eigenvalue weighted by Crippen LogP contribution is 2.27. The molecule has 0 aliphatic heterocycles. The van der Waals surface area contributed by atoms with Gasteiger partial charge in [0, 0.05) is 25.3 Å². The summed E-state index contributed by atoms with van der Waals surface area (Å²) in [5.74, 6) is 0.231. The first-order chi connectivity index (χ1) is 9.64. The van der Waals surface area contributed by atoms with Crippen molar-refractivity contribution in [2.24, 2.45) is 5.92 Å². The van der Waals surface area contributed by atoms with E-state index in [4.69, 9.17) is 17.3 Å². The van der Waals surface area contributed by atoms with E-state index in [1.165, 1.54) is 16.4 Å². The van der Waals surface area contributed by atoms with E-state index in [0.717, 1.165) is 0 Å². The lowest BCUT2D eigenvalue weighted by atomic mass is 10.2. The van der Waals surface area contributed by atoms with Crippen molar-refractivity contribution in [3.63, 3.8) is 0 Å². The Labute approximate surface area is 132 Å². The number of rotatable bonds is 7. The highest BCUT2D eigenvalue weighted by Gasteiger charge is 2.27. The molecule has 5 nitrogen and oxygen atoms in total. The summed E-state index contributed by atoms with van der Waals surface area (Å²) in [4.78, 5) is 2.06. The SMILES string of the molecule is CC(C)CN(CCN(C)C)S(=O)(=O)c1ccc(N)cc1Cl. The minimum atomic E-state index is -3.62. The van der Waals surface area contributed by atoms with Crippen LogP contribution in [0, 0.1) is 5.92 Å². The topological polar surface area (TPSA) is 66.6 Å². The zero-order valence-electron chi connectivity index (χ0n) is 13.0. The third-order valence-corrected chi connectivity index (χ3v) is 5.29. The molecule has 1 aromatic carbocycles. The standard InChI is InChI=1S/C14H24ClN3O2S/c1-11(2)10-18(8-7-17(3)4)21(19,20)14-6-5-12(16)9-13(14)15/h5-6,9,11H,7-8,10,16H2,1-4H3. The van der Waals surface area contributed by atoms with Crippen molar-refractivity contribution in [2.45, 2.75) is 18.7 Å². The van der Waals surface area contributed by atoms with E-state index in [9.17, 15) is 8.42 Å². The first-order valence-corrected chi connectivity index (χ1v) is 8.66. The van der Waals surface area contributed by atoms with Gasteiger partial charge >= 0.3 is 0 Å². The summed E-state index contributed by atoms with van der Waals surface area (Å²) in [6.45, 7) is 5.51. The first kappa shape index (κ1) is 18.2. The molecule has 0 amide bonds. The largest absolute Gasteiger partial charge is 0.399 e. The summed E-state index contributed by atoms with van der Waals surface area (Å²) in [5, 5.41) is 0.161. The van der Waals surface area contributed by atoms with Crippen molar-refractivity contribution in [3.05, 3.63) is 23.2 Å². The lowest BCUT2D eigenvalue weighted by molar-refractivity contribution is 0.312. The summed E-state index contributed by atoms with van der Waals surface area (Å²) in [6.07, 6.45) is 0. The van der Waals surface area contributed by atoms with Crippen molar-refractivity contribution in [1.82, 2.24) is 9.21 Å². The van der Waals surface area contributed by atoms with E-state index in [0.29, 0.717) is 25.3 Å². The molecule has 1 aromatic rings. The molecule has 21 heavy (non-hydrogen) atoms. The summed E-state index contributed by atoms with van der Waals surface area (Å²) in [7, 11) is 0.206. The van der Waals surface area contributed by atoms with Gasteiger partial charge in [0.1, 0.15) is 4.90 Å². The van der Waals surface area contributed by atoms with E-state index in [2.05, 4.69) is 0 Å².